The maximum atomic E-state index is 12.3. The lowest BCUT2D eigenvalue weighted by molar-refractivity contribution is -0.189. The van der Waals surface area contributed by atoms with Gasteiger partial charge >= 0.3 is 25.9 Å². The van der Waals surface area contributed by atoms with Gasteiger partial charge in [0.2, 0.25) is 0 Å². The van der Waals surface area contributed by atoms with Crippen molar-refractivity contribution in [1.82, 2.24) is 5.32 Å². The second-order valence-electron chi connectivity index (χ2n) is 3.66. The van der Waals surface area contributed by atoms with E-state index in [1.165, 1.54) is 0 Å². The predicted molar refractivity (Wildman–Crippen MR) is 52.5 cm³/mol. The molecule has 0 unspecified atom stereocenters. The Morgan fingerprint density at radius 1 is 0.909 bits per heavy atom. The number of aliphatic carboxylic acids is 1. The number of carboxylic acids is 1. The molecule has 0 heterocycles. The van der Waals surface area contributed by atoms with E-state index in [-0.39, 0.29) is 0 Å². The van der Waals surface area contributed by atoms with Gasteiger partial charge in [-0.25, -0.2) is 0 Å². The number of nitrogens with one attached hydrogen (secondary N) is 1. The number of carboxylic acid groups (broad SMARTS) is 1. The lowest BCUT2D eigenvalue weighted by Crippen LogP contribution is -2.65. The van der Waals surface area contributed by atoms with Crippen molar-refractivity contribution in [3.05, 3.63) is 0 Å². The van der Waals surface area contributed by atoms with Gasteiger partial charge in [0.05, 0.1) is 6.54 Å². The maximum Gasteiger partial charge on any atom is 0.453 e. The Labute approximate surface area is 116 Å². The van der Waals surface area contributed by atoms with Gasteiger partial charge in [-0.2, -0.15) is 26.3 Å². The highest BCUT2D eigenvalue weighted by molar-refractivity contribution is 7.56. The van der Waals surface area contributed by atoms with Crippen LogP contribution in [0.25, 0.3) is 0 Å². The number of hydrogen-bond acceptors (Lipinski definition) is 5. The first-order valence-electron chi connectivity index (χ1n) is 4.73. The summed E-state index contributed by atoms with van der Waals surface area (Å²) in [4.78, 5) is 49.7. The third-order valence-electron chi connectivity index (χ3n) is 2.10. The largest absolute Gasteiger partial charge is 0.480 e. The maximum absolute atomic E-state index is 12.3. The van der Waals surface area contributed by atoms with Gasteiger partial charge in [-0.15, -0.1) is 0 Å². The molecule has 0 aromatic rings. The van der Waals surface area contributed by atoms with Gasteiger partial charge < -0.3 is 14.9 Å². The van der Waals surface area contributed by atoms with Crippen molar-refractivity contribution in [2.75, 3.05) is 6.54 Å². The Balaban J connectivity index is 6.44. The van der Waals surface area contributed by atoms with E-state index in [2.05, 4.69) is 0 Å². The SMILES string of the molecule is O=C(O)CNC(C(=O)C(F)(F)F)(C(=O)C(F)(F)F)P(=O)(O)O. The molecule has 128 valence electrons. The molecule has 0 rings (SSSR count). The van der Waals surface area contributed by atoms with Crippen molar-refractivity contribution in [1.29, 1.82) is 0 Å². The van der Waals surface area contributed by atoms with Crippen molar-refractivity contribution in [3.8, 4) is 0 Å². The van der Waals surface area contributed by atoms with E-state index in [0.717, 1.165) is 0 Å². The molecule has 0 aliphatic carbocycles. The van der Waals surface area contributed by atoms with Crippen LogP contribution in [-0.2, 0) is 18.9 Å². The highest BCUT2D eigenvalue weighted by Gasteiger charge is 2.72. The average Bonchev–Trinajstić information content (AvgIpc) is 2.24. The number of carbonyl (C=O) groups is 3. The second kappa shape index (κ2) is 5.95. The van der Waals surface area contributed by atoms with Crippen LogP contribution >= 0.6 is 7.60 Å². The fraction of sp³-hybridized carbons (Fsp3) is 0.571. The molecule has 22 heavy (non-hydrogen) atoms. The molecule has 0 amide bonds. The van der Waals surface area contributed by atoms with Gasteiger partial charge in [0, 0.05) is 0 Å². The third-order valence-corrected chi connectivity index (χ3v) is 3.54. The molecule has 0 aromatic heterocycles. The minimum atomic E-state index is -6.78. The summed E-state index contributed by atoms with van der Waals surface area (Å²) in [6.07, 6.45) is -12.5. The van der Waals surface area contributed by atoms with Gasteiger partial charge in [-0.1, -0.05) is 0 Å². The van der Waals surface area contributed by atoms with E-state index in [1.54, 1.807) is 0 Å². The van der Waals surface area contributed by atoms with Crippen molar-refractivity contribution >= 4 is 25.1 Å². The third kappa shape index (κ3) is 4.03. The first-order valence-corrected chi connectivity index (χ1v) is 6.35. The van der Waals surface area contributed by atoms with Crippen LogP contribution in [0.3, 0.4) is 0 Å². The molecular formula is C7H6F6NO7P. The number of alkyl halides is 6. The fourth-order valence-electron chi connectivity index (χ4n) is 1.24. The quantitative estimate of drug-likeness (QED) is 0.290. The molecule has 0 saturated carbocycles. The molecule has 8 nitrogen and oxygen atoms in total. The highest BCUT2D eigenvalue weighted by Crippen LogP contribution is 2.54. The molecule has 0 aromatic carbocycles. The highest BCUT2D eigenvalue weighted by atomic mass is 31.2. The van der Waals surface area contributed by atoms with Crippen LogP contribution in [0, 0.1) is 0 Å². The Morgan fingerprint density at radius 2 is 1.23 bits per heavy atom. The molecule has 0 atom stereocenters. The van der Waals surface area contributed by atoms with Crippen LogP contribution in [0.2, 0.25) is 0 Å². The van der Waals surface area contributed by atoms with E-state index < -0.39 is 49.3 Å². The first-order chi connectivity index (χ1) is 9.48. The van der Waals surface area contributed by atoms with E-state index in [4.69, 9.17) is 14.9 Å². The predicted octanol–water partition coefficient (Wildman–Crippen LogP) is -0.203. The molecular weight excluding hydrogens is 355 g/mol. The summed E-state index contributed by atoms with van der Waals surface area (Å²) >= 11 is 0. The van der Waals surface area contributed by atoms with Gasteiger partial charge in [-0.05, 0) is 0 Å². The van der Waals surface area contributed by atoms with Gasteiger partial charge in [0.1, 0.15) is 0 Å². The summed E-state index contributed by atoms with van der Waals surface area (Å²) in [6, 6.07) is 0. The molecule has 0 aliphatic heterocycles. The number of Topliss-reactive ketones (excluding diaryl/α,β-unsaturated/α-hetero) is 2. The van der Waals surface area contributed by atoms with E-state index in [9.17, 15) is 45.3 Å². The Hall–Kier alpha value is -1.50. The number of ketones is 2. The van der Waals surface area contributed by atoms with Crippen LogP contribution < -0.4 is 5.32 Å². The zero-order chi connectivity index (χ0) is 18.1. The zero-order valence-electron chi connectivity index (χ0n) is 9.90. The lowest BCUT2D eigenvalue weighted by Gasteiger charge is -2.32. The Morgan fingerprint density at radius 3 is 1.41 bits per heavy atom. The van der Waals surface area contributed by atoms with Crippen LogP contribution in [-0.4, -0.2) is 56.6 Å². The molecule has 4 N–H and O–H groups in total. The van der Waals surface area contributed by atoms with Crippen LogP contribution in [0.5, 0.6) is 0 Å². The van der Waals surface area contributed by atoms with Gasteiger partial charge in [0.15, 0.2) is 0 Å². The standard InChI is InChI=1S/C7H6F6NO7P/c8-6(9,10)3(17)5(22(19,20)21,14-1-2(15)16)4(18)7(11,12)13/h14H,1H2,(H,15,16)(H2,19,20,21). The molecule has 0 radical (unpaired) electrons. The lowest BCUT2D eigenvalue weighted by atomic mass is 10.1. The summed E-state index contributed by atoms with van der Waals surface area (Å²) < 4.78 is 85.1. The smallest absolute Gasteiger partial charge is 0.453 e. The van der Waals surface area contributed by atoms with Crippen LogP contribution in [0.1, 0.15) is 0 Å². The number of carbonyl (C=O) groups excluding carboxylic acids is 2. The van der Waals surface area contributed by atoms with Gasteiger partial charge in [0.25, 0.3) is 16.8 Å². The number of hydrogen-bond donors (Lipinski definition) is 4. The summed E-state index contributed by atoms with van der Waals surface area (Å²) in [6.45, 7) is -1.94. The monoisotopic (exact) mass is 361 g/mol. The molecule has 15 heteroatoms. The second-order valence-corrected chi connectivity index (χ2v) is 5.41. The van der Waals surface area contributed by atoms with Crippen molar-refractivity contribution < 1.29 is 60.2 Å². The normalized spacial score (nSPS) is 13.8. The van der Waals surface area contributed by atoms with Crippen LogP contribution in [0.4, 0.5) is 26.3 Å². The Bertz CT molecular complexity index is 508. The van der Waals surface area contributed by atoms with Crippen molar-refractivity contribution in [3.63, 3.8) is 0 Å². The summed E-state index contributed by atoms with van der Waals surface area (Å²) in [5.41, 5.74) is 0. The number of rotatable bonds is 6. The average molecular weight is 361 g/mol. The summed E-state index contributed by atoms with van der Waals surface area (Å²) in [5, 5.41) is 3.66. The zero-order valence-corrected chi connectivity index (χ0v) is 10.8. The first kappa shape index (κ1) is 20.5. The van der Waals surface area contributed by atoms with Crippen molar-refractivity contribution in [2.45, 2.75) is 17.6 Å². The topological polar surface area (TPSA) is 141 Å². The molecule has 0 spiro atoms. The van der Waals surface area contributed by atoms with Crippen LogP contribution in [0.15, 0.2) is 0 Å². The molecule has 0 bridgehead atoms. The summed E-state index contributed by atoms with van der Waals surface area (Å²) in [7, 11) is -6.78. The van der Waals surface area contributed by atoms with Crippen molar-refractivity contribution in [2.24, 2.45) is 0 Å². The number of halogens is 6. The fourth-order valence-corrected chi connectivity index (χ4v) is 2.31. The van der Waals surface area contributed by atoms with Gasteiger partial charge in [-0.3, -0.25) is 24.3 Å². The Kier molecular flexibility index (Phi) is 5.54. The molecule has 0 aliphatic rings. The molecule has 0 saturated heterocycles. The molecule has 0 fully saturated rings. The minimum absolute atomic E-state index is 0.584. The van der Waals surface area contributed by atoms with E-state index in [0.29, 0.717) is 5.32 Å². The summed E-state index contributed by atoms with van der Waals surface area (Å²) in [5.74, 6) is -9.71. The van der Waals surface area contributed by atoms with E-state index in [1.807, 2.05) is 0 Å². The minimum Gasteiger partial charge on any atom is -0.480 e. The van der Waals surface area contributed by atoms with E-state index >= 15 is 0 Å².